The van der Waals surface area contributed by atoms with Crippen LogP contribution < -0.4 is 4.74 Å². The van der Waals surface area contributed by atoms with Crippen molar-refractivity contribution in [3.8, 4) is 33.8 Å². The predicted molar refractivity (Wildman–Crippen MR) is 162 cm³/mol. The molecule has 2 nitrogen and oxygen atoms in total. The SMILES string of the molecule is COc1ccc2ccccc2c1-c1cc(Br)ccc1F.Oc1ccc2ccccc2c1-c1cc(Br)ccc1F. The highest BCUT2D eigenvalue weighted by Crippen LogP contribution is 2.40. The van der Waals surface area contributed by atoms with Crippen molar-refractivity contribution in [2.75, 3.05) is 7.11 Å². The third-order valence-electron chi connectivity index (χ3n) is 6.41. The first-order valence-corrected chi connectivity index (χ1v) is 13.6. The molecule has 1 N–H and O–H groups in total. The van der Waals surface area contributed by atoms with Crippen LogP contribution in [0.2, 0.25) is 0 Å². The lowest BCUT2D eigenvalue weighted by atomic mass is 9.97. The Kier molecular flexibility index (Phi) is 7.96. The molecular formula is C33H22Br2F2O2. The highest BCUT2D eigenvalue weighted by atomic mass is 79.9. The highest BCUT2D eigenvalue weighted by Gasteiger charge is 2.15. The summed E-state index contributed by atoms with van der Waals surface area (Å²) < 4.78 is 35.3. The van der Waals surface area contributed by atoms with Gasteiger partial charge in [0.25, 0.3) is 0 Å². The van der Waals surface area contributed by atoms with Gasteiger partial charge >= 0.3 is 0 Å². The van der Waals surface area contributed by atoms with Crippen molar-refractivity contribution < 1.29 is 18.6 Å². The number of benzene rings is 6. The normalized spacial score (nSPS) is 10.8. The van der Waals surface area contributed by atoms with E-state index in [4.69, 9.17) is 4.74 Å². The first-order chi connectivity index (χ1) is 18.9. The zero-order valence-electron chi connectivity index (χ0n) is 20.8. The Bertz CT molecular complexity index is 1820. The topological polar surface area (TPSA) is 29.5 Å². The van der Waals surface area contributed by atoms with Crippen LogP contribution in [0.15, 0.2) is 118 Å². The summed E-state index contributed by atoms with van der Waals surface area (Å²) in [6.07, 6.45) is 0. The highest BCUT2D eigenvalue weighted by molar-refractivity contribution is 9.10. The van der Waals surface area contributed by atoms with E-state index in [0.717, 1.165) is 36.1 Å². The Morgan fingerprint density at radius 2 is 1.08 bits per heavy atom. The summed E-state index contributed by atoms with van der Waals surface area (Å²) in [4.78, 5) is 0. The van der Waals surface area contributed by atoms with Crippen LogP contribution >= 0.6 is 31.9 Å². The van der Waals surface area contributed by atoms with E-state index < -0.39 is 0 Å². The lowest BCUT2D eigenvalue weighted by Gasteiger charge is -2.13. The summed E-state index contributed by atoms with van der Waals surface area (Å²) in [7, 11) is 1.60. The van der Waals surface area contributed by atoms with Crippen LogP contribution in [0.25, 0.3) is 43.8 Å². The number of phenols is 1. The molecular weight excluding hydrogens is 626 g/mol. The van der Waals surface area contributed by atoms with Crippen molar-refractivity contribution in [1.82, 2.24) is 0 Å². The second-order valence-electron chi connectivity index (χ2n) is 8.79. The zero-order chi connectivity index (χ0) is 27.5. The standard InChI is InChI=1S/C17H12BrFO.C16H10BrFO/c1-20-16-9-6-11-4-2-3-5-13(11)17(16)14-10-12(18)7-8-15(14)19;17-11-6-7-14(18)13(9-11)16-12-4-2-1-3-10(12)5-8-15(16)19/h2-10H,1H3;1-9,19H. The smallest absolute Gasteiger partial charge is 0.131 e. The van der Waals surface area contributed by atoms with Crippen LogP contribution in [0.3, 0.4) is 0 Å². The summed E-state index contributed by atoms with van der Waals surface area (Å²) in [5.41, 5.74) is 2.23. The number of rotatable bonds is 3. The number of halogens is 4. The number of methoxy groups -OCH3 is 1. The second-order valence-corrected chi connectivity index (χ2v) is 10.6. The molecule has 0 aromatic heterocycles. The van der Waals surface area contributed by atoms with E-state index in [0.29, 0.717) is 22.4 Å². The van der Waals surface area contributed by atoms with Gasteiger partial charge in [-0.25, -0.2) is 8.78 Å². The average Bonchev–Trinajstić information content (AvgIpc) is 2.95. The average molecular weight is 648 g/mol. The molecule has 6 aromatic carbocycles. The van der Waals surface area contributed by atoms with Crippen LogP contribution in [0.1, 0.15) is 0 Å². The van der Waals surface area contributed by atoms with E-state index in [9.17, 15) is 13.9 Å². The van der Waals surface area contributed by atoms with Gasteiger partial charge in [0.15, 0.2) is 0 Å². The van der Waals surface area contributed by atoms with E-state index >= 15 is 0 Å². The van der Waals surface area contributed by atoms with Gasteiger partial charge in [0.2, 0.25) is 0 Å². The maximum absolute atomic E-state index is 14.2. The minimum absolute atomic E-state index is 0.0794. The first-order valence-electron chi connectivity index (χ1n) is 12.0. The van der Waals surface area contributed by atoms with Gasteiger partial charge in [-0.2, -0.15) is 0 Å². The van der Waals surface area contributed by atoms with E-state index in [1.807, 2.05) is 66.7 Å². The van der Waals surface area contributed by atoms with Gasteiger partial charge in [0, 0.05) is 31.2 Å². The summed E-state index contributed by atoms with van der Waals surface area (Å²) in [6, 6.07) is 32.4. The third kappa shape index (κ3) is 5.54. The fourth-order valence-electron chi connectivity index (χ4n) is 4.62. The lowest BCUT2D eigenvalue weighted by Crippen LogP contribution is -1.92. The van der Waals surface area contributed by atoms with Crippen molar-refractivity contribution in [3.63, 3.8) is 0 Å². The van der Waals surface area contributed by atoms with Crippen LogP contribution in [-0.2, 0) is 0 Å². The lowest BCUT2D eigenvalue weighted by molar-refractivity contribution is 0.416. The molecule has 0 saturated carbocycles. The number of fused-ring (bicyclic) bond motifs is 2. The molecule has 0 aliphatic heterocycles. The fraction of sp³-hybridized carbons (Fsp3) is 0.0303. The monoisotopic (exact) mass is 646 g/mol. The minimum Gasteiger partial charge on any atom is -0.507 e. The van der Waals surface area contributed by atoms with Crippen molar-refractivity contribution >= 4 is 53.4 Å². The molecule has 0 atom stereocenters. The number of phenolic OH excluding ortho intramolecular Hbond substituents is 1. The van der Waals surface area contributed by atoms with Crippen LogP contribution in [0.5, 0.6) is 11.5 Å². The predicted octanol–water partition coefficient (Wildman–Crippen LogP) is 10.5. The number of hydrogen-bond donors (Lipinski definition) is 1. The van der Waals surface area contributed by atoms with Crippen molar-refractivity contribution in [3.05, 3.63) is 130 Å². The quantitative estimate of drug-likeness (QED) is 0.207. The molecule has 0 aliphatic carbocycles. The summed E-state index contributed by atoms with van der Waals surface area (Å²) in [6.45, 7) is 0. The molecule has 0 unspecified atom stereocenters. The van der Waals surface area contributed by atoms with Gasteiger partial charge in [-0.3, -0.25) is 0 Å². The maximum Gasteiger partial charge on any atom is 0.131 e. The Morgan fingerprint density at radius 3 is 1.64 bits per heavy atom. The molecule has 0 bridgehead atoms. The van der Waals surface area contributed by atoms with Gasteiger partial charge < -0.3 is 9.84 Å². The Balaban J connectivity index is 0.000000158. The van der Waals surface area contributed by atoms with E-state index in [2.05, 4.69) is 31.9 Å². The minimum atomic E-state index is -0.352. The molecule has 0 radical (unpaired) electrons. The molecule has 0 heterocycles. The third-order valence-corrected chi connectivity index (χ3v) is 7.40. The van der Waals surface area contributed by atoms with Crippen LogP contribution in [0, 0.1) is 11.6 Å². The fourth-order valence-corrected chi connectivity index (χ4v) is 5.34. The molecule has 0 spiro atoms. The molecule has 39 heavy (non-hydrogen) atoms. The van der Waals surface area contributed by atoms with E-state index in [1.165, 1.54) is 12.1 Å². The molecule has 0 aliphatic rings. The van der Waals surface area contributed by atoms with Crippen molar-refractivity contribution in [1.29, 1.82) is 0 Å². The summed E-state index contributed by atoms with van der Waals surface area (Å²) >= 11 is 6.73. The Morgan fingerprint density at radius 1 is 0.590 bits per heavy atom. The van der Waals surface area contributed by atoms with Gasteiger partial charge in [-0.1, -0.05) is 92.5 Å². The second kappa shape index (κ2) is 11.6. The Labute approximate surface area is 241 Å². The molecule has 0 amide bonds. The van der Waals surface area contributed by atoms with Gasteiger partial charge in [0.1, 0.15) is 23.1 Å². The number of hydrogen-bond acceptors (Lipinski definition) is 2. The first kappa shape index (κ1) is 26.9. The summed E-state index contributed by atoms with van der Waals surface area (Å²) in [5, 5.41) is 13.9. The zero-order valence-corrected chi connectivity index (χ0v) is 23.9. The molecule has 0 fully saturated rings. The van der Waals surface area contributed by atoms with E-state index in [-0.39, 0.29) is 17.4 Å². The molecule has 6 aromatic rings. The van der Waals surface area contributed by atoms with Crippen molar-refractivity contribution in [2.24, 2.45) is 0 Å². The van der Waals surface area contributed by atoms with Crippen LogP contribution in [0.4, 0.5) is 8.78 Å². The van der Waals surface area contributed by atoms with E-state index in [1.54, 1.807) is 37.4 Å². The molecule has 6 rings (SSSR count). The van der Waals surface area contributed by atoms with Crippen LogP contribution in [-0.4, -0.2) is 12.2 Å². The number of aromatic hydroxyl groups is 1. The summed E-state index contributed by atoms with van der Waals surface area (Å²) in [5.74, 6) is 0.133. The van der Waals surface area contributed by atoms with Crippen molar-refractivity contribution in [2.45, 2.75) is 0 Å². The van der Waals surface area contributed by atoms with Gasteiger partial charge in [-0.05, 0) is 70.1 Å². The molecule has 6 heteroatoms. The van der Waals surface area contributed by atoms with Gasteiger partial charge in [0.05, 0.1) is 7.11 Å². The molecule has 0 saturated heterocycles. The van der Waals surface area contributed by atoms with Gasteiger partial charge in [-0.15, -0.1) is 0 Å². The largest absolute Gasteiger partial charge is 0.507 e. The number of ether oxygens (including phenoxy) is 1. The Hall–Kier alpha value is -3.74. The maximum atomic E-state index is 14.2. The molecule has 194 valence electrons.